The summed E-state index contributed by atoms with van der Waals surface area (Å²) in [4.78, 5) is 15.0. The molecule has 0 unspecified atom stereocenters. The summed E-state index contributed by atoms with van der Waals surface area (Å²) in [7, 11) is 1.61. The highest BCUT2D eigenvalue weighted by atomic mass is 16.6. The number of ether oxygens (including phenoxy) is 2. The molecule has 2 aromatic carbocycles. The highest BCUT2D eigenvalue weighted by molar-refractivity contribution is 6.01. The molecule has 0 bridgehead atoms. The molecule has 1 aliphatic heterocycles. The fraction of sp³-hybridized carbons (Fsp3) is 0.350. The molecule has 1 aliphatic rings. The van der Waals surface area contributed by atoms with Crippen LogP contribution in [0.1, 0.15) is 31.1 Å². The Morgan fingerprint density at radius 2 is 1.71 bits per heavy atom. The largest absolute Gasteiger partial charge is 0.359 e. The van der Waals surface area contributed by atoms with Gasteiger partial charge in [-0.05, 0) is 38.0 Å². The molecule has 1 amide bonds. The fourth-order valence-corrected chi connectivity index (χ4v) is 3.41. The third-order valence-corrected chi connectivity index (χ3v) is 4.41. The number of hydrogen-bond acceptors (Lipinski definition) is 3. The second-order valence-electron chi connectivity index (χ2n) is 6.48. The first kappa shape index (κ1) is 16.7. The van der Waals surface area contributed by atoms with Gasteiger partial charge in [0.05, 0.1) is 0 Å². The quantitative estimate of drug-likeness (QED) is 0.858. The first-order chi connectivity index (χ1) is 11.5. The summed E-state index contributed by atoms with van der Waals surface area (Å²) in [6.45, 7) is 5.71. The lowest BCUT2D eigenvalue weighted by Crippen LogP contribution is -2.49. The summed E-state index contributed by atoms with van der Waals surface area (Å²) in [6.07, 6.45) is -0.589. The molecule has 2 atom stereocenters. The van der Waals surface area contributed by atoms with Crippen LogP contribution < -0.4 is 0 Å². The van der Waals surface area contributed by atoms with E-state index >= 15 is 0 Å². The minimum Gasteiger partial charge on any atom is -0.359 e. The Hall–Kier alpha value is -2.17. The van der Waals surface area contributed by atoms with Crippen molar-refractivity contribution in [3.05, 3.63) is 60.2 Å². The van der Waals surface area contributed by atoms with Crippen LogP contribution >= 0.6 is 0 Å². The molecule has 4 heteroatoms. The SMILES string of the molecule is CO[C@@H]1[C@H](C)OC(C)(C)N1C(=O)c1ccccc1-c1ccccc1. The van der Waals surface area contributed by atoms with Gasteiger partial charge in [0.1, 0.15) is 11.8 Å². The zero-order valence-corrected chi connectivity index (χ0v) is 14.5. The normalized spacial score (nSPS) is 22.6. The minimum absolute atomic E-state index is 0.0874. The molecule has 0 radical (unpaired) electrons. The molecular weight excluding hydrogens is 302 g/mol. The molecule has 1 saturated heterocycles. The molecule has 0 aliphatic carbocycles. The molecule has 1 heterocycles. The summed E-state index contributed by atoms with van der Waals surface area (Å²) in [6, 6.07) is 17.6. The Morgan fingerprint density at radius 3 is 2.38 bits per heavy atom. The smallest absolute Gasteiger partial charge is 0.258 e. The number of nitrogens with zero attached hydrogens (tertiary/aromatic N) is 1. The lowest BCUT2D eigenvalue weighted by Gasteiger charge is -2.33. The second-order valence-corrected chi connectivity index (χ2v) is 6.48. The van der Waals surface area contributed by atoms with Gasteiger partial charge in [-0.15, -0.1) is 0 Å². The number of carbonyl (C=O) groups excluding carboxylic acids is 1. The summed E-state index contributed by atoms with van der Waals surface area (Å²) >= 11 is 0. The summed E-state index contributed by atoms with van der Waals surface area (Å²) < 4.78 is 11.5. The Labute approximate surface area is 143 Å². The predicted molar refractivity (Wildman–Crippen MR) is 93.5 cm³/mol. The van der Waals surface area contributed by atoms with E-state index in [1.54, 1.807) is 12.0 Å². The topological polar surface area (TPSA) is 38.8 Å². The number of carbonyl (C=O) groups is 1. The average Bonchev–Trinajstić information content (AvgIpc) is 2.82. The van der Waals surface area contributed by atoms with E-state index < -0.39 is 12.0 Å². The van der Waals surface area contributed by atoms with Gasteiger partial charge in [0, 0.05) is 12.7 Å². The summed E-state index contributed by atoms with van der Waals surface area (Å²) in [5.74, 6) is -0.0874. The van der Waals surface area contributed by atoms with Crippen molar-refractivity contribution >= 4 is 5.91 Å². The maximum Gasteiger partial charge on any atom is 0.258 e. The van der Waals surface area contributed by atoms with Gasteiger partial charge in [-0.25, -0.2) is 0 Å². The average molecular weight is 325 g/mol. The van der Waals surface area contributed by atoms with Crippen molar-refractivity contribution in [1.82, 2.24) is 4.90 Å². The number of rotatable bonds is 3. The highest BCUT2D eigenvalue weighted by Crippen LogP contribution is 2.35. The van der Waals surface area contributed by atoms with Crippen molar-refractivity contribution in [2.24, 2.45) is 0 Å². The Balaban J connectivity index is 2.05. The van der Waals surface area contributed by atoms with Gasteiger partial charge >= 0.3 is 0 Å². The Kier molecular flexibility index (Phi) is 4.43. The second kappa shape index (κ2) is 6.38. The van der Waals surface area contributed by atoms with Crippen molar-refractivity contribution in [2.75, 3.05) is 7.11 Å². The standard InChI is InChI=1S/C20H23NO3/c1-14-19(23-4)21(20(2,3)24-14)18(22)17-13-9-8-12-16(17)15-10-6-5-7-11-15/h5-14,19H,1-4H3/t14-,19+/m0/s1. The molecule has 24 heavy (non-hydrogen) atoms. The van der Waals surface area contributed by atoms with Crippen molar-refractivity contribution in [3.63, 3.8) is 0 Å². The molecule has 0 N–H and O–H groups in total. The molecule has 2 aromatic rings. The molecule has 0 aromatic heterocycles. The fourth-order valence-electron chi connectivity index (χ4n) is 3.41. The molecule has 4 nitrogen and oxygen atoms in total. The number of benzene rings is 2. The van der Waals surface area contributed by atoms with Gasteiger partial charge in [-0.1, -0.05) is 48.5 Å². The van der Waals surface area contributed by atoms with Crippen LogP contribution in [0.3, 0.4) is 0 Å². The van der Waals surface area contributed by atoms with Gasteiger partial charge < -0.3 is 9.47 Å². The van der Waals surface area contributed by atoms with Gasteiger partial charge in [-0.2, -0.15) is 0 Å². The highest BCUT2D eigenvalue weighted by Gasteiger charge is 2.48. The molecule has 1 fully saturated rings. The van der Waals surface area contributed by atoms with Crippen molar-refractivity contribution in [3.8, 4) is 11.1 Å². The molecule has 0 saturated carbocycles. The van der Waals surface area contributed by atoms with E-state index in [-0.39, 0.29) is 12.0 Å². The van der Waals surface area contributed by atoms with Crippen LogP contribution in [0.5, 0.6) is 0 Å². The maximum atomic E-state index is 13.3. The summed E-state index contributed by atoms with van der Waals surface area (Å²) in [5, 5.41) is 0. The zero-order valence-electron chi connectivity index (χ0n) is 14.5. The van der Waals surface area contributed by atoms with Crippen LogP contribution in [-0.2, 0) is 9.47 Å². The van der Waals surface area contributed by atoms with Crippen LogP contribution in [0.25, 0.3) is 11.1 Å². The van der Waals surface area contributed by atoms with Crippen molar-refractivity contribution in [1.29, 1.82) is 0 Å². The van der Waals surface area contributed by atoms with Crippen LogP contribution in [0.4, 0.5) is 0 Å². The monoisotopic (exact) mass is 325 g/mol. The first-order valence-electron chi connectivity index (χ1n) is 8.14. The van der Waals surface area contributed by atoms with E-state index in [0.717, 1.165) is 11.1 Å². The third kappa shape index (κ3) is 2.83. The number of methoxy groups -OCH3 is 1. The zero-order chi connectivity index (χ0) is 17.3. The van der Waals surface area contributed by atoms with E-state index in [9.17, 15) is 4.79 Å². The lowest BCUT2D eigenvalue weighted by atomic mass is 9.98. The molecule has 3 rings (SSSR count). The van der Waals surface area contributed by atoms with E-state index in [1.807, 2.05) is 75.4 Å². The Bertz CT molecular complexity index is 727. The Morgan fingerprint density at radius 1 is 1.08 bits per heavy atom. The van der Waals surface area contributed by atoms with Gasteiger partial charge in [0.2, 0.25) is 0 Å². The van der Waals surface area contributed by atoms with Gasteiger partial charge in [-0.3, -0.25) is 9.69 Å². The van der Waals surface area contributed by atoms with E-state index in [2.05, 4.69) is 0 Å². The van der Waals surface area contributed by atoms with E-state index in [1.165, 1.54) is 0 Å². The molecule has 0 spiro atoms. The van der Waals surface area contributed by atoms with E-state index in [4.69, 9.17) is 9.47 Å². The van der Waals surface area contributed by atoms with Crippen LogP contribution in [-0.4, -0.2) is 36.0 Å². The van der Waals surface area contributed by atoms with E-state index in [0.29, 0.717) is 5.56 Å². The third-order valence-electron chi connectivity index (χ3n) is 4.41. The first-order valence-corrected chi connectivity index (χ1v) is 8.14. The van der Waals surface area contributed by atoms with Gasteiger partial charge in [0.25, 0.3) is 5.91 Å². The molecule has 126 valence electrons. The maximum absolute atomic E-state index is 13.3. The lowest BCUT2D eigenvalue weighted by molar-refractivity contribution is -0.0633. The summed E-state index contributed by atoms with van der Waals surface area (Å²) in [5.41, 5.74) is 1.85. The number of amides is 1. The van der Waals surface area contributed by atoms with Crippen molar-refractivity contribution < 1.29 is 14.3 Å². The van der Waals surface area contributed by atoms with Gasteiger partial charge in [0.15, 0.2) is 6.23 Å². The number of hydrogen-bond donors (Lipinski definition) is 0. The molecular formula is C20H23NO3. The van der Waals surface area contributed by atoms with Crippen molar-refractivity contribution in [2.45, 2.75) is 38.8 Å². The van der Waals surface area contributed by atoms with Crippen LogP contribution in [0, 0.1) is 0 Å². The predicted octanol–water partition coefficient (Wildman–Crippen LogP) is 3.92. The minimum atomic E-state index is -0.721. The van der Waals surface area contributed by atoms with Crippen LogP contribution in [0.2, 0.25) is 0 Å². The van der Waals surface area contributed by atoms with Crippen LogP contribution in [0.15, 0.2) is 54.6 Å².